The van der Waals surface area contributed by atoms with E-state index >= 15 is 0 Å². The summed E-state index contributed by atoms with van der Waals surface area (Å²) in [7, 11) is 1.66. The molecular weight excluding hydrogens is 426 g/mol. The lowest BCUT2D eigenvalue weighted by atomic mass is 10.1. The Labute approximate surface area is 190 Å². The van der Waals surface area contributed by atoms with Gasteiger partial charge in [0.05, 0.1) is 23.1 Å². The molecule has 3 aromatic rings. The zero-order valence-corrected chi connectivity index (χ0v) is 19.4. The molecule has 1 N–H and O–H groups in total. The van der Waals surface area contributed by atoms with E-state index in [1.54, 1.807) is 11.9 Å². The van der Waals surface area contributed by atoms with E-state index in [-0.39, 0.29) is 17.4 Å². The number of rotatable bonds is 5. The van der Waals surface area contributed by atoms with Crippen molar-refractivity contribution in [2.24, 2.45) is 7.05 Å². The number of benzene rings is 1. The van der Waals surface area contributed by atoms with E-state index in [0.29, 0.717) is 53.4 Å². The second-order valence-electron chi connectivity index (χ2n) is 8.02. The molecule has 9 heteroatoms. The van der Waals surface area contributed by atoms with Crippen LogP contribution in [0.1, 0.15) is 27.7 Å². The topological polar surface area (TPSA) is 87.5 Å². The lowest BCUT2D eigenvalue weighted by Gasteiger charge is -2.34. The van der Waals surface area contributed by atoms with Gasteiger partial charge >= 0.3 is 0 Å². The third kappa shape index (κ3) is 4.31. The first-order valence-electron chi connectivity index (χ1n) is 10.7. The predicted molar refractivity (Wildman–Crippen MR) is 126 cm³/mol. The molecule has 0 aliphatic carbocycles. The zero-order valence-electron chi connectivity index (χ0n) is 18.6. The van der Waals surface area contributed by atoms with Gasteiger partial charge in [-0.1, -0.05) is 25.1 Å². The van der Waals surface area contributed by atoms with Gasteiger partial charge in [-0.25, -0.2) is 4.98 Å². The van der Waals surface area contributed by atoms with Crippen molar-refractivity contribution in [1.29, 1.82) is 0 Å². The summed E-state index contributed by atoms with van der Waals surface area (Å²) < 4.78 is 1.43. The number of nitrogens with one attached hydrogen (secondary N) is 1. The van der Waals surface area contributed by atoms with Crippen molar-refractivity contribution in [3.8, 4) is 0 Å². The first-order chi connectivity index (χ1) is 15.4. The lowest BCUT2D eigenvalue weighted by molar-refractivity contribution is -0.117. The van der Waals surface area contributed by atoms with Gasteiger partial charge in [-0.3, -0.25) is 19.3 Å². The van der Waals surface area contributed by atoms with Crippen LogP contribution in [0.3, 0.4) is 0 Å². The number of aromatic nitrogens is 2. The van der Waals surface area contributed by atoms with Crippen LogP contribution in [0.25, 0.3) is 10.2 Å². The highest BCUT2D eigenvalue weighted by atomic mass is 32.1. The smallest absolute Gasteiger partial charge is 0.264 e. The minimum absolute atomic E-state index is 0.0482. The van der Waals surface area contributed by atoms with E-state index in [1.165, 1.54) is 22.2 Å². The summed E-state index contributed by atoms with van der Waals surface area (Å²) in [6.45, 7) is 6.49. The van der Waals surface area contributed by atoms with Crippen LogP contribution in [-0.4, -0.2) is 63.9 Å². The maximum absolute atomic E-state index is 13.1. The van der Waals surface area contributed by atoms with Gasteiger partial charge in [-0.05, 0) is 30.5 Å². The first-order valence-corrected chi connectivity index (χ1v) is 11.5. The quantitative estimate of drug-likeness (QED) is 0.640. The summed E-state index contributed by atoms with van der Waals surface area (Å²) in [5.74, 6) is -0.124. The predicted octanol–water partition coefficient (Wildman–Crippen LogP) is 2.26. The molecule has 1 saturated heterocycles. The standard InChI is InChI=1S/C23H27N5O3S/c1-4-16-7-5-6-8-17(16)25-18(29)13-27-9-11-28(12-10-27)23(31)20-15(2)19-21(32-20)24-14-26(3)22(19)30/h5-8,14H,4,9-13H2,1-3H3,(H,25,29). The van der Waals surface area contributed by atoms with Gasteiger partial charge < -0.3 is 14.8 Å². The van der Waals surface area contributed by atoms with Crippen LogP contribution in [0.5, 0.6) is 0 Å². The lowest BCUT2D eigenvalue weighted by Crippen LogP contribution is -2.50. The molecule has 0 saturated carbocycles. The van der Waals surface area contributed by atoms with E-state index in [2.05, 4.69) is 22.1 Å². The van der Waals surface area contributed by atoms with Gasteiger partial charge in [0.15, 0.2) is 0 Å². The monoisotopic (exact) mass is 453 g/mol. The second-order valence-corrected chi connectivity index (χ2v) is 9.02. The Morgan fingerprint density at radius 2 is 1.88 bits per heavy atom. The number of hydrogen-bond donors (Lipinski definition) is 1. The first kappa shape index (κ1) is 22.2. The SMILES string of the molecule is CCc1ccccc1NC(=O)CN1CCN(C(=O)c2sc3ncn(C)c(=O)c3c2C)CC1. The number of aryl methyl sites for hydroxylation is 3. The van der Waals surface area contributed by atoms with Gasteiger partial charge in [-0.2, -0.15) is 0 Å². The molecule has 0 radical (unpaired) electrons. The van der Waals surface area contributed by atoms with Crippen molar-refractivity contribution in [3.05, 3.63) is 57.0 Å². The van der Waals surface area contributed by atoms with Gasteiger partial charge in [0.25, 0.3) is 11.5 Å². The Morgan fingerprint density at radius 1 is 1.16 bits per heavy atom. The molecule has 8 nitrogen and oxygen atoms in total. The third-order valence-electron chi connectivity index (χ3n) is 5.90. The molecular formula is C23H27N5O3S. The van der Waals surface area contributed by atoms with Crippen LogP contribution in [0.2, 0.25) is 0 Å². The van der Waals surface area contributed by atoms with E-state index in [1.807, 2.05) is 31.2 Å². The molecule has 1 aliphatic rings. The number of nitrogens with zero attached hydrogens (tertiary/aromatic N) is 4. The van der Waals surface area contributed by atoms with Crippen molar-refractivity contribution >= 4 is 39.1 Å². The fraction of sp³-hybridized carbons (Fsp3) is 0.391. The number of hydrogen-bond acceptors (Lipinski definition) is 6. The molecule has 2 amide bonds. The van der Waals surface area contributed by atoms with Crippen LogP contribution in [0, 0.1) is 6.92 Å². The maximum Gasteiger partial charge on any atom is 0.264 e. The fourth-order valence-electron chi connectivity index (χ4n) is 4.01. The number of thiophene rings is 1. The van der Waals surface area contributed by atoms with Crippen molar-refractivity contribution in [2.75, 3.05) is 38.0 Å². The number of piperazine rings is 1. The summed E-state index contributed by atoms with van der Waals surface area (Å²) >= 11 is 1.27. The third-order valence-corrected chi connectivity index (χ3v) is 7.09. The number of carbonyl (C=O) groups excluding carboxylic acids is 2. The molecule has 168 valence electrons. The fourth-order valence-corrected chi connectivity index (χ4v) is 5.12. The van der Waals surface area contributed by atoms with E-state index in [9.17, 15) is 14.4 Å². The molecule has 3 heterocycles. The minimum Gasteiger partial charge on any atom is -0.335 e. The van der Waals surface area contributed by atoms with Gasteiger partial charge in [0.2, 0.25) is 5.91 Å². The highest BCUT2D eigenvalue weighted by Gasteiger charge is 2.27. The highest BCUT2D eigenvalue weighted by molar-refractivity contribution is 7.20. The Balaban J connectivity index is 1.37. The summed E-state index contributed by atoms with van der Waals surface area (Å²) in [6.07, 6.45) is 2.34. The van der Waals surface area contributed by atoms with Crippen LogP contribution < -0.4 is 10.9 Å². The molecule has 0 spiro atoms. The number of amides is 2. The molecule has 4 rings (SSSR count). The molecule has 1 aromatic carbocycles. The molecule has 0 atom stereocenters. The highest BCUT2D eigenvalue weighted by Crippen LogP contribution is 2.28. The van der Waals surface area contributed by atoms with E-state index in [4.69, 9.17) is 0 Å². The molecule has 0 bridgehead atoms. The zero-order chi connectivity index (χ0) is 22.8. The van der Waals surface area contributed by atoms with E-state index in [0.717, 1.165) is 17.7 Å². The summed E-state index contributed by atoms with van der Waals surface area (Å²) in [5.41, 5.74) is 2.52. The summed E-state index contributed by atoms with van der Waals surface area (Å²) in [6, 6.07) is 7.82. The Kier molecular flexibility index (Phi) is 6.38. The molecule has 1 aliphatic heterocycles. The molecule has 2 aromatic heterocycles. The molecule has 32 heavy (non-hydrogen) atoms. The Morgan fingerprint density at radius 3 is 2.59 bits per heavy atom. The van der Waals surface area contributed by atoms with Crippen molar-refractivity contribution < 1.29 is 9.59 Å². The second kappa shape index (κ2) is 9.22. The number of anilines is 1. The van der Waals surface area contributed by atoms with Crippen LogP contribution in [0.4, 0.5) is 5.69 Å². The van der Waals surface area contributed by atoms with Crippen molar-refractivity contribution in [3.63, 3.8) is 0 Å². The number of carbonyl (C=O) groups is 2. The molecule has 1 fully saturated rings. The Bertz CT molecular complexity index is 1220. The average molecular weight is 454 g/mol. The maximum atomic E-state index is 13.1. The normalized spacial score (nSPS) is 14.7. The van der Waals surface area contributed by atoms with Crippen molar-refractivity contribution in [2.45, 2.75) is 20.3 Å². The van der Waals surface area contributed by atoms with Gasteiger partial charge in [-0.15, -0.1) is 11.3 Å². The van der Waals surface area contributed by atoms with Gasteiger partial charge in [0.1, 0.15) is 4.83 Å². The summed E-state index contributed by atoms with van der Waals surface area (Å²) in [5, 5.41) is 3.52. The van der Waals surface area contributed by atoms with Crippen LogP contribution in [-0.2, 0) is 18.3 Å². The molecule has 0 unspecified atom stereocenters. The van der Waals surface area contributed by atoms with Crippen molar-refractivity contribution in [1.82, 2.24) is 19.4 Å². The minimum atomic E-state index is -0.136. The average Bonchev–Trinajstić information content (AvgIpc) is 3.13. The summed E-state index contributed by atoms with van der Waals surface area (Å²) in [4.78, 5) is 47.4. The number of fused-ring (bicyclic) bond motifs is 1. The van der Waals surface area contributed by atoms with Crippen LogP contribution in [0.15, 0.2) is 35.4 Å². The van der Waals surface area contributed by atoms with Gasteiger partial charge in [0, 0.05) is 38.9 Å². The largest absolute Gasteiger partial charge is 0.335 e. The Hall–Kier alpha value is -3.04. The number of para-hydroxylation sites is 1. The van der Waals surface area contributed by atoms with E-state index < -0.39 is 0 Å². The van der Waals surface area contributed by atoms with Crippen LogP contribution >= 0.6 is 11.3 Å².